The lowest BCUT2D eigenvalue weighted by Gasteiger charge is -2.25. The number of rotatable bonds is 9. The van der Waals surface area contributed by atoms with Crippen molar-refractivity contribution in [1.29, 1.82) is 0 Å². The van der Waals surface area contributed by atoms with Crippen LogP contribution in [0.2, 0.25) is 0 Å². The van der Waals surface area contributed by atoms with Crippen LogP contribution in [-0.4, -0.2) is 57.9 Å². The lowest BCUT2D eigenvalue weighted by Crippen LogP contribution is -2.34. The number of hydrogen-bond acceptors (Lipinski definition) is 4. The number of likely N-dealkylation sites (N-methyl/N-ethyl adjacent to an activating group) is 1. The van der Waals surface area contributed by atoms with Crippen molar-refractivity contribution in [2.24, 2.45) is 0 Å². The normalized spacial score (nSPS) is 12.8. The Bertz CT molecular complexity index is 926. The Labute approximate surface area is 172 Å². The van der Waals surface area contributed by atoms with E-state index in [1.165, 1.54) is 36.4 Å². The highest BCUT2D eigenvalue weighted by Gasteiger charge is 2.21. The van der Waals surface area contributed by atoms with Gasteiger partial charge in [0.25, 0.3) is 5.91 Å². The molecule has 0 saturated carbocycles. The fourth-order valence-electron chi connectivity index (χ4n) is 3.05. The Morgan fingerprint density at radius 3 is 2.21 bits per heavy atom. The molecule has 0 aliphatic carbocycles. The van der Waals surface area contributed by atoms with Gasteiger partial charge in [-0.2, -0.15) is 0 Å². The summed E-state index contributed by atoms with van der Waals surface area (Å²) < 4.78 is 41.5. The molecular formula is C21H28FN3O3S. The van der Waals surface area contributed by atoms with Crippen LogP contribution in [0, 0.1) is 5.82 Å². The second kappa shape index (κ2) is 9.96. The summed E-state index contributed by atoms with van der Waals surface area (Å²) in [6, 6.07) is 11.7. The third-order valence-corrected chi connectivity index (χ3v) is 6.23. The van der Waals surface area contributed by atoms with E-state index in [0.29, 0.717) is 24.2 Å². The number of hydrogen-bond donors (Lipinski definition) is 1. The maximum Gasteiger partial charge on any atom is 0.253 e. The highest BCUT2D eigenvalue weighted by Crippen LogP contribution is 2.20. The van der Waals surface area contributed by atoms with E-state index >= 15 is 0 Å². The van der Waals surface area contributed by atoms with E-state index in [4.69, 9.17) is 0 Å². The Morgan fingerprint density at radius 2 is 1.69 bits per heavy atom. The summed E-state index contributed by atoms with van der Waals surface area (Å²) in [6.07, 6.45) is 0. The molecule has 0 spiro atoms. The molecule has 8 heteroatoms. The Morgan fingerprint density at radius 1 is 1.07 bits per heavy atom. The van der Waals surface area contributed by atoms with Gasteiger partial charge >= 0.3 is 0 Å². The van der Waals surface area contributed by atoms with Crippen LogP contribution in [0.3, 0.4) is 0 Å². The molecule has 158 valence electrons. The van der Waals surface area contributed by atoms with E-state index in [1.54, 1.807) is 31.1 Å². The van der Waals surface area contributed by atoms with E-state index in [0.717, 1.165) is 0 Å². The van der Waals surface area contributed by atoms with Gasteiger partial charge in [0.15, 0.2) is 0 Å². The molecule has 29 heavy (non-hydrogen) atoms. The van der Waals surface area contributed by atoms with Crippen molar-refractivity contribution in [1.82, 2.24) is 14.5 Å². The van der Waals surface area contributed by atoms with Gasteiger partial charge in [-0.15, -0.1) is 0 Å². The minimum atomic E-state index is -3.78. The maximum absolute atomic E-state index is 13.6. The van der Waals surface area contributed by atoms with E-state index < -0.39 is 10.0 Å². The maximum atomic E-state index is 13.6. The van der Waals surface area contributed by atoms with Gasteiger partial charge in [0.2, 0.25) is 10.0 Å². The fourth-order valence-corrected chi connectivity index (χ4v) is 4.09. The summed E-state index contributed by atoms with van der Waals surface area (Å²) in [5.74, 6) is -0.503. The number of sulfonamides is 1. The zero-order valence-corrected chi connectivity index (χ0v) is 18.0. The number of nitrogens with one attached hydrogen (secondary N) is 1. The molecule has 2 rings (SSSR count). The number of amides is 1. The predicted octanol–water partition coefficient (Wildman–Crippen LogP) is 2.89. The third kappa shape index (κ3) is 5.85. The molecule has 2 aromatic rings. The number of halogens is 1. The molecule has 0 radical (unpaired) electrons. The summed E-state index contributed by atoms with van der Waals surface area (Å²) in [4.78, 5) is 15.9. The predicted molar refractivity (Wildman–Crippen MR) is 112 cm³/mol. The van der Waals surface area contributed by atoms with Gasteiger partial charge in [0.1, 0.15) is 5.82 Å². The van der Waals surface area contributed by atoms with Crippen molar-refractivity contribution in [3.8, 4) is 0 Å². The lowest BCUT2D eigenvalue weighted by atomic mass is 10.1. The summed E-state index contributed by atoms with van der Waals surface area (Å²) in [6.45, 7) is 5.04. The highest BCUT2D eigenvalue weighted by molar-refractivity contribution is 7.89. The molecule has 0 aromatic heterocycles. The van der Waals surface area contributed by atoms with Gasteiger partial charge < -0.3 is 9.80 Å². The molecule has 0 aliphatic heterocycles. The fraction of sp³-hybridized carbons (Fsp3) is 0.381. The second-order valence-corrected chi connectivity index (χ2v) is 8.66. The molecule has 6 nitrogen and oxygen atoms in total. The van der Waals surface area contributed by atoms with Gasteiger partial charge in [-0.05, 0) is 69.9 Å². The number of nitrogens with zero attached hydrogens (tertiary/aromatic N) is 2. The van der Waals surface area contributed by atoms with Gasteiger partial charge in [0, 0.05) is 31.2 Å². The third-order valence-electron chi connectivity index (χ3n) is 4.79. The molecule has 1 unspecified atom stereocenters. The van der Waals surface area contributed by atoms with Crippen LogP contribution in [0.1, 0.15) is 35.8 Å². The molecule has 0 heterocycles. The van der Waals surface area contributed by atoms with Crippen LogP contribution in [0.15, 0.2) is 53.4 Å². The standard InChI is InChI=1S/C21H28FN3O3S/c1-5-25(6-2)21(26)16-10-12-19(13-11-16)29(27,28)23-15-20(24(3)4)17-8-7-9-18(22)14-17/h7-14,20,23H,5-6,15H2,1-4H3. The van der Waals surface area contributed by atoms with E-state index in [-0.39, 0.29) is 29.2 Å². The first-order valence-electron chi connectivity index (χ1n) is 9.50. The second-order valence-electron chi connectivity index (χ2n) is 6.89. The van der Waals surface area contributed by atoms with Crippen molar-refractivity contribution >= 4 is 15.9 Å². The van der Waals surface area contributed by atoms with Crippen molar-refractivity contribution < 1.29 is 17.6 Å². The quantitative estimate of drug-likeness (QED) is 0.676. The van der Waals surface area contributed by atoms with Gasteiger partial charge in [-0.3, -0.25) is 4.79 Å². The topological polar surface area (TPSA) is 69.7 Å². The van der Waals surface area contributed by atoms with Crippen molar-refractivity contribution in [3.63, 3.8) is 0 Å². The monoisotopic (exact) mass is 421 g/mol. The number of benzene rings is 2. The molecule has 1 amide bonds. The molecule has 0 aliphatic rings. The zero-order chi connectivity index (χ0) is 21.6. The van der Waals surface area contributed by atoms with Crippen molar-refractivity contribution in [2.45, 2.75) is 24.8 Å². The highest BCUT2D eigenvalue weighted by atomic mass is 32.2. The lowest BCUT2D eigenvalue weighted by molar-refractivity contribution is 0.0773. The molecule has 0 bridgehead atoms. The summed E-state index contributed by atoms with van der Waals surface area (Å²) in [5.41, 5.74) is 1.12. The first-order valence-corrected chi connectivity index (χ1v) is 11.0. The van der Waals surface area contributed by atoms with E-state index in [2.05, 4.69) is 4.72 Å². The SMILES string of the molecule is CCN(CC)C(=O)c1ccc(S(=O)(=O)NCC(c2cccc(F)c2)N(C)C)cc1. The molecule has 2 aromatic carbocycles. The Hall–Kier alpha value is -2.29. The molecule has 1 atom stereocenters. The van der Waals surface area contributed by atoms with E-state index in [1.807, 2.05) is 18.7 Å². The van der Waals surface area contributed by atoms with Gasteiger partial charge in [-0.25, -0.2) is 17.5 Å². The molecule has 0 fully saturated rings. The molecule has 1 N–H and O–H groups in total. The van der Waals surface area contributed by atoms with E-state index in [9.17, 15) is 17.6 Å². The number of carbonyl (C=O) groups excluding carboxylic acids is 1. The average Bonchev–Trinajstić information content (AvgIpc) is 2.69. The smallest absolute Gasteiger partial charge is 0.253 e. The first-order chi connectivity index (χ1) is 13.7. The Balaban J connectivity index is 2.15. The van der Waals surface area contributed by atoms with Crippen LogP contribution in [0.4, 0.5) is 4.39 Å². The van der Waals surface area contributed by atoms with Gasteiger partial charge in [-0.1, -0.05) is 12.1 Å². The van der Waals surface area contributed by atoms with Crippen LogP contribution < -0.4 is 4.72 Å². The van der Waals surface area contributed by atoms with Crippen molar-refractivity contribution in [3.05, 3.63) is 65.5 Å². The zero-order valence-electron chi connectivity index (χ0n) is 17.2. The first kappa shape index (κ1) is 23.0. The Kier molecular flexibility index (Phi) is 7.89. The summed E-state index contributed by atoms with van der Waals surface area (Å²) in [5, 5.41) is 0. The van der Waals surface area contributed by atoms with Crippen LogP contribution in [-0.2, 0) is 10.0 Å². The van der Waals surface area contributed by atoms with Crippen LogP contribution >= 0.6 is 0 Å². The van der Waals surface area contributed by atoms with Gasteiger partial charge in [0.05, 0.1) is 4.90 Å². The number of carbonyl (C=O) groups is 1. The van der Waals surface area contributed by atoms with Crippen molar-refractivity contribution in [2.75, 3.05) is 33.7 Å². The molecule has 0 saturated heterocycles. The van der Waals surface area contributed by atoms with Crippen LogP contribution in [0.5, 0.6) is 0 Å². The summed E-state index contributed by atoms with van der Waals surface area (Å²) >= 11 is 0. The minimum absolute atomic E-state index is 0.0744. The average molecular weight is 422 g/mol. The summed E-state index contributed by atoms with van der Waals surface area (Å²) in [7, 11) is -0.170. The van der Waals surface area contributed by atoms with Crippen LogP contribution in [0.25, 0.3) is 0 Å². The largest absolute Gasteiger partial charge is 0.339 e. The minimum Gasteiger partial charge on any atom is -0.339 e. The molecular weight excluding hydrogens is 393 g/mol.